The molecule has 14 heavy (non-hydrogen) atoms. The van der Waals surface area contributed by atoms with Crippen LogP contribution in [0.25, 0.3) is 0 Å². The van der Waals surface area contributed by atoms with Crippen molar-refractivity contribution in [3.05, 3.63) is 50.0 Å². The molecule has 2 rings (SSSR count). The van der Waals surface area contributed by atoms with E-state index in [9.17, 15) is 0 Å². The maximum atomic E-state index is 6.09. The molecule has 0 fully saturated rings. The number of halogens is 1. The molecule has 72 valence electrons. The number of hydrogen-bond acceptors (Lipinski definition) is 3. The van der Waals surface area contributed by atoms with Gasteiger partial charge < -0.3 is 5.73 Å². The van der Waals surface area contributed by atoms with Crippen molar-refractivity contribution >= 4 is 33.9 Å². The standard InChI is InChI=1S/C10H9IN2S/c11-9-4-8(6-14-9)10(12)7-2-1-3-13-5-7/h1-6,10H,12H2. The van der Waals surface area contributed by atoms with E-state index in [0.717, 1.165) is 11.1 Å². The number of hydrogen-bond donors (Lipinski definition) is 1. The van der Waals surface area contributed by atoms with Gasteiger partial charge in [0, 0.05) is 12.4 Å². The first-order valence-corrected chi connectivity index (χ1v) is 6.12. The van der Waals surface area contributed by atoms with E-state index < -0.39 is 0 Å². The highest BCUT2D eigenvalue weighted by molar-refractivity contribution is 14.1. The summed E-state index contributed by atoms with van der Waals surface area (Å²) in [5.74, 6) is 0. The number of pyridine rings is 1. The summed E-state index contributed by atoms with van der Waals surface area (Å²) < 4.78 is 1.26. The van der Waals surface area contributed by atoms with Crippen LogP contribution in [0.15, 0.2) is 36.0 Å². The van der Waals surface area contributed by atoms with Crippen molar-refractivity contribution in [1.82, 2.24) is 4.98 Å². The Bertz CT molecular complexity index is 413. The molecule has 0 saturated carbocycles. The minimum atomic E-state index is -0.0523. The van der Waals surface area contributed by atoms with Gasteiger partial charge in [-0.15, -0.1) is 11.3 Å². The second kappa shape index (κ2) is 4.37. The lowest BCUT2D eigenvalue weighted by atomic mass is 10.1. The van der Waals surface area contributed by atoms with Crippen LogP contribution < -0.4 is 5.73 Å². The van der Waals surface area contributed by atoms with E-state index in [1.807, 2.05) is 18.3 Å². The summed E-state index contributed by atoms with van der Waals surface area (Å²) in [6.45, 7) is 0. The molecule has 1 unspecified atom stereocenters. The number of nitrogens with zero attached hydrogens (tertiary/aromatic N) is 1. The Hall–Kier alpha value is -0.460. The normalized spacial score (nSPS) is 12.7. The fourth-order valence-electron chi connectivity index (χ4n) is 1.24. The first-order chi connectivity index (χ1) is 6.77. The molecule has 0 aliphatic rings. The van der Waals surface area contributed by atoms with E-state index in [1.54, 1.807) is 17.5 Å². The molecule has 2 N–H and O–H groups in total. The first kappa shape index (κ1) is 10.1. The van der Waals surface area contributed by atoms with Crippen LogP contribution in [-0.2, 0) is 0 Å². The molecule has 0 aliphatic carbocycles. The second-order valence-corrected chi connectivity index (χ2v) is 5.75. The Labute approximate surface area is 100 Å². The van der Waals surface area contributed by atoms with Crippen molar-refractivity contribution in [2.75, 3.05) is 0 Å². The van der Waals surface area contributed by atoms with Crippen LogP contribution in [0.5, 0.6) is 0 Å². The second-order valence-electron chi connectivity index (χ2n) is 2.95. The minimum Gasteiger partial charge on any atom is -0.320 e. The third-order valence-corrected chi connectivity index (χ3v) is 3.80. The number of aromatic nitrogens is 1. The van der Waals surface area contributed by atoms with Crippen LogP contribution in [0.4, 0.5) is 0 Å². The number of thiophene rings is 1. The Morgan fingerprint density at radius 1 is 1.43 bits per heavy atom. The van der Waals surface area contributed by atoms with Crippen LogP contribution in [0.2, 0.25) is 0 Å². The summed E-state index contributed by atoms with van der Waals surface area (Å²) >= 11 is 4.01. The topological polar surface area (TPSA) is 38.9 Å². The van der Waals surface area contributed by atoms with E-state index in [2.05, 4.69) is 39.0 Å². The summed E-state index contributed by atoms with van der Waals surface area (Å²) in [7, 11) is 0. The highest BCUT2D eigenvalue weighted by Crippen LogP contribution is 2.24. The van der Waals surface area contributed by atoms with Crippen LogP contribution in [0.1, 0.15) is 17.2 Å². The molecule has 0 amide bonds. The third kappa shape index (κ3) is 2.13. The lowest BCUT2D eigenvalue weighted by Gasteiger charge is -2.08. The lowest BCUT2D eigenvalue weighted by molar-refractivity contribution is 0.868. The van der Waals surface area contributed by atoms with Gasteiger partial charge in [0.25, 0.3) is 0 Å². The molecule has 0 radical (unpaired) electrons. The Kier molecular flexibility index (Phi) is 3.15. The Morgan fingerprint density at radius 2 is 2.29 bits per heavy atom. The SMILES string of the molecule is NC(c1cccnc1)c1csc(I)c1. The van der Waals surface area contributed by atoms with Crippen LogP contribution in [0.3, 0.4) is 0 Å². The summed E-state index contributed by atoms with van der Waals surface area (Å²) in [4.78, 5) is 4.06. The summed E-state index contributed by atoms with van der Waals surface area (Å²) in [5, 5.41) is 2.10. The van der Waals surface area contributed by atoms with Gasteiger partial charge in [-0.1, -0.05) is 6.07 Å². The van der Waals surface area contributed by atoms with Gasteiger partial charge in [-0.2, -0.15) is 0 Å². The van der Waals surface area contributed by atoms with Crippen molar-refractivity contribution < 1.29 is 0 Å². The summed E-state index contributed by atoms with van der Waals surface area (Å²) in [5.41, 5.74) is 8.31. The molecule has 2 aromatic rings. The molecule has 4 heteroatoms. The average molecular weight is 316 g/mol. The van der Waals surface area contributed by atoms with E-state index in [0.29, 0.717) is 0 Å². The zero-order valence-electron chi connectivity index (χ0n) is 7.35. The van der Waals surface area contributed by atoms with Gasteiger partial charge in [-0.3, -0.25) is 4.98 Å². The zero-order valence-corrected chi connectivity index (χ0v) is 10.3. The smallest absolute Gasteiger partial charge is 0.0656 e. The van der Waals surface area contributed by atoms with Crippen molar-refractivity contribution in [2.45, 2.75) is 6.04 Å². The van der Waals surface area contributed by atoms with E-state index in [4.69, 9.17) is 5.73 Å². The third-order valence-electron chi connectivity index (χ3n) is 1.99. The molecule has 0 spiro atoms. The number of rotatable bonds is 2. The van der Waals surface area contributed by atoms with Crippen LogP contribution in [-0.4, -0.2) is 4.98 Å². The molecule has 1 atom stereocenters. The monoisotopic (exact) mass is 316 g/mol. The van der Waals surface area contributed by atoms with Gasteiger partial charge in [0.2, 0.25) is 0 Å². The zero-order chi connectivity index (χ0) is 9.97. The number of nitrogens with two attached hydrogens (primary N) is 1. The Balaban J connectivity index is 2.29. The van der Waals surface area contributed by atoms with Crippen LogP contribution >= 0.6 is 33.9 Å². The highest BCUT2D eigenvalue weighted by Gasteiger charge is 2.09. The largest absolute Gasteiger partial charge is 0.320 e. The van der Waals surface area contributed by atoms with Crippen molar-refractivity contribution in [3.8, 4) is 0 Å². The fraction of sp³-hybridized carbons (Fsp3) is 0.100. The minimum absolute atomic E-state index is 0.0523. The van der Waals surface area contributed by atoms with Gasteiger partial charge in [-0.05, 0) is 51.2 Å². The van der Waals surface area contributed by atoms with Crippen molar-refractivity contribution in [2.24, 2.45) is 5.73 Å². The first-order valence-electron chi connectivity index (χ1n) is 4.17. The van der Waals surface area contributed by atoms with Crippen molar-refractivity contribution in [1.29, 1.82) is 0 Å². The highest BCUT2D eigenvalue weighted by atomic mass is 127. The lowest BCUT2D eigenvalue weighted by Crippen LogP contribution is -2.10. The van der Waals surface area contributed by atoms with E-state index >= 15 is 0 Å². The van der Waals surface area contributed by atoms with Crippen molar-refractivity contribution in [3.63, 3.8) is 0 Å². The molecule has 2 heterocycles. The molecular weight excluding hydrogens is 307 g/mol. The molecular formula is C10H9IN2S. The van der Waals surface area contributed by atoms with Crippen LogP contribution in [0, 0.1) is 2.88 Å². The van der Waals surface area contributed by atoms with Gasteiger partial charge in [-0.25, -0.2) is 0 Å². The molecule has 0 bridgehead atoms. The maximum Gasteiger partial charge on any atom is 0.0656 e. The summed E-state index contributed by atoms with van der Waals surface area (Å²) in [6, 6.07) is 5.97. The van der Waals surface area contributed by atoms with E-state index in [-0.39, 0.29) is 6.04 Å². The van der Waals surface area contributed by atoms with E-state index in [1.165, 1.54) is 2.88 Å². The molecule has 2 aromatic heterocycles. The summed E-state index contributed by atoms with van der Waals surface area (Å²) in [6.07, 6.45) is 3.57. The van der Waals surface area contributed by atoms with Gasteiger partial charge >= 0.3 is 0 Å². The predicted octanol–water partition coefficient (Wildman–Crippen LogP) is 2.80. The maximum absolute atomic E-state index is 6.09. The molecule has 2 nitrogen and oxygen atoms in total. The van der Waals surface area contributed by atoms with Gasteiger partial charge in [0.1, 0.15) is 0 Å². The molecule has 0 aromatic carbocycles. The average Bonchev–Trinajstić information content (AvgIpc) is 2.65. The molecule has 0 aliphatic heterocycles. The predicted molar refractivity (Wildman–Crippen MR) is 67.3 cm³/mol. The van der Waals surface area contributed by atoms with Gasteiger partial charge in [0.05, 0.1) is 8.93 Å². The quantitative estimate of drug-likeness (QED) is 0.865. The van der Waals surface area contributed by atoms with Gasteiger partial charge in [0.15, 0.2) is 0 Å². The Morgan fingerprint density at radius 3 is 2.86 bits per heavy atom. The fourth-order valence-corrected chi connectivity index (χ4v) is 2.65. The molecule has 0 saturated heterocycles.